The average molecular weight is 1180 g/mol. The van der Waals surface area contributed by atoms with Crippen molar-refractivity contribution in [2.45, 2.75) is 132 Å². The van der Waals surface area contributed by atoms with Crippen molar-refractivity contribution < 1.29 is 65.9 Å². The van der Waals surface area contributed by atoms with E-state index < -0.39 is 94.7 Å². The number of carbonyl (C=O) groups is 9. The monoisotopic (exact) mass is 1180 g/mol. The van der Waals surface area contributed by atoms with Crippen molar-refractivity contribution >= 4 is 92.2 Å². The highest BCUT2D eigenvalue weighted by atomic mass is 32.2. The lowest BCUT2D eigenvalue weighted by molar-refractivity contribution is -0.146. The number of hydrogen-bond donors (Lipinski definition) is 8. The smallest absolute Gasteiger partial charge is 0.370 e. The number of aromatic amines is 1. The largest absolute Gasteiger partial charge is 0.396 e. The maximum absolute atomic E-state index is 15.1. The standard InChI is InChI=1S/C56H67N10O15PS/c1-30(34-9-13-38(14-10-34)83(3,80)81)58-50(70)40(16-20-47(57)67)60-52(72)44-18-12-37-22-23-64(29-42(54(74)65(37)44)61-51(71)41-28-36-27-35(11-15-39(36)59-41)55(75)82(77,78)79)49(69)26-32-6-4-31(5-7-32)24-33-8-17-43-46(25-33)63(2)56(76)66(43)45-19-21-48(68)62-53(45)73/h8-11,13-15,17,25,27-28,30-32,37,40,42,44-45,59H,4-7,12,16,18-24,26,29H2,1-3H3,(H2,57,67)(H,58,70)(H,60,72)(H,61,71)(H,62,68,73)(H2,77,78,79)/t30-,31?,32?,37-,40+,42+,44+,45?/m1/s1. The molecule has 4 aliphatic rings. The Labute approximate surface area is 476 Å². The average Bonchev–Trinajstić information content (AvgIpc) is 2.88. The summed E-state index contributed by atoms with van der Waals surface area (Å²) in [7, 11) is -6.99. The number of piperidine rings is 1. The molecule has 1 aliphatic carbocycles. The number of H-pyrrole nitrogens is 1. The number of nitrogens with one attached hydrogen (secondary N) is 5. The van der Waals surface area contributed by atoms with Crippen LogP contribution in [0.5, 0.6) is 0 Å². The zero-order valence-corrected chi connectivity index (χ0v) is 47.7. The first kappa shape index (κ1) is 59.8. The number of imide groups is 1. The molecule has 83 heavy (non-hydrogen) atoms. The summed E-state index contributed by atoms with van der Waals surface area (Å²) >= 11 is 0. The predicted molar refractivity (Wildman–Crippen MR) is 300 cm³/mol. The number of hydrogen-bond acceptors (Lipinski definition) is 13. The van der Waals surface area contributed by atoms with Crippen LogP contribution >= 0.6 is 7.60 Å². The molecule has 8 amide bonds. The van der Waals surface area contributed by atoms with E-state index in [4.69, 9.17) is 5.73 Å². The number of rotatable bonds is 18. The van der Waals surface area contributed by atoms with E-state index >= 15 is 4.79 Å². The van der Waals surface area contributed by atoms with Crippen molar-refractivity contribution in [1.82, 2.24) is 45.2 Å². The first-order valence-electron chi connectivity index (χ1n) is 27.6. The number of benzene rings is 3. The van der Waals surface area contributed by atoms with Gasteiger partial charge in [-0.3, -0.25) is 62.2 Å². The van der Waals surface area contributed by atoms with E-state index in [1.54, 1.807) is 31.0 Å². The van der Waals surface area contributed by atoms with Crippen molar-refractivity contribution in [2.75, 3.05) is 19.3 Å². The molecule has 9 N–H and O–H groups in total. The van der Waals surface area contributed by atoms with Crippen LogP contribution in [0.3, 0.4) is 0 Å². The molecule has 442 valence electrons. The van der Waals surface area contributed by atoms with Gasteiger partial charge in [-0.25, -0.2) is 13.2 Å². The normalized spacial score (nSPS) is 22.3. The quantitative estimate of drug-likeness (QED) is 0.0461. The third-order valence-corrected chi connectivity index (χ3v) is 18.6. The van der Waals surface area contributed by atoms with E-state index in [0.29, 0.717) is 28.5 Å². The summed E-state index contributed by atoms with van der Waals surface area (Å²) in [6.45, 7) is 1.54. The summed E-state index contributed by atoms with van der Waals surface area (Å²) in [5.74, 6) is -4.44. The number of amides is 8. The number of imidazole rings is 1. The summed E-state index contributed by atoms with van der Waals surface area (Å²) in [6, 6.07) is 10.8. The zero-order chi connectivity index (χ0) is 59.8. The lowest BCUT2D eigenvalue weighted by Gasteiger charge is -2.39. The van der Waals surface area contributed by atoms with Gasteiger partial charge in [0.25, 0.3) is 11.4 Å². The van der Waals surface area contributed by atoms with Gasteiger partial charge in [0.1, 0.15) is 29.9 Å². The Bertz CT molecular complexity index is 3670. The number of aromatic nitrogens is 3. The summed E-state index contributed by atoms with van der Waals surface area (Å²) < 4.78 is 38.8. The van der Waals surface area contributed by atoms with Crippen LogP contribution in [0.1, 0.15) is 128 Å². The highest BCUT2D eigenvalue weighted by Crippen LogP contribution is 2.40. The van der Waals surface area contributed by atoms with Gasteiger partial charge in [-0.2, -0.15) is 0 Å². The Kier molecular flexibility index (Phi) is 17.4. The second kappa shape index (κ2) is 24.2. The molecule has 3 aromatic carbocycles. The van der Waals surface area contributed by atoms with Gasteiger partial charge in [-0.1, -0.05) is 18.2 Å². The molecule has 5 aromatic rings. The number of carbonyl (C=O) groups excluding carboxylic acids is 9. The maximum Gasteiger partial charge on any atom is 0.396 e. The minimum atomic E-state index is -5.14. The molecule has 9 rings (SSSR count). The maximum atomic E-state index is 15.1. The lowest BCUT2D eigenvalue weighted by atomic mass is 9.78. The Morgan fingerprint density at radius 2 is 1.55 bits per heavy atom. The van der Waals surface area contributed by atoms with Gasteiger partial charge >= 0.3 is 13.3 Å². The van der Waals surface area contributed by atoms with E-state index in [1.165, 1.54) is 50.4 Å². The van der Waals surface area contributed by atoms with Gasteiger partial charge in [-0.15, -0.1) is 0 Å². The second-order valence-electron chi connectivity index (χ2n) is 22.4. The topological polar surface area (TPSA) is 369 Å². The minimum absolute atomic E-state index is 0.00617. The lowest BCUT2D eigenvalue weighted by Crippen LogP contribution is -2.62. The van der Waals surface area contributed by atoms with Crippen LogP contribution in [0.2, 0.25) is 0 Å². The van der Waals surface area contributed by atoms with Crippen LogP contribution < -0.4 is 32.7 Å². The van der Waals surface area contributed by atoms with Crippen molar-refractivity contribution in [3.63, 3.8) is 0 Å². The van der Waals surface area contributed by atoms with Crippen LogP contribution in [-0.2, 0) is 61.4 Å². The SMILES string of the molecule is C[C@@H](NC(=O)[C@H](CCC(N)=O)NC(=O)[C@@H]1CC[C@@H]2CCN(C(=O)CC3CCC(Cc4ccc5c(c4)n(C)c(=O)n5C4CCC(=O)NC4=O)CC3)C[C@H](NC(=O)c3cc4cc(C(=O)P(=O)(O)O)ccc4[nH]3)C(=O)N21)c1ccc(S(C)(=O)=O)cc1. The van der Waals surface area contributed by atoms with E-state index in [0.717, 1.165) is 43.9 Å². The fourth-order valence-electron chi connectivity index (χ4n) is 12.1. The zero-order valence-electron chi connectivity index (χ0n) is 46.0. The molecule has 27 heteroatoms. The Morgan fingerprint density at radius 3 is 2.23 bits per heavy atom. The number of nitrogens with zero attached hydrogens (tertiary/aromatic N) is 4. The number of aryl methyl sites for hydroxylation is 1. The fraction of sp³-hybridized carbons (Fsp3) is 0.464. The van der Waals surface area contributed by atoms with Crippen LogP contribution in [-0.4, -0.2) is 138 Å². The first-order chi connectivity index (χ1) is 39.2. The summed E-state index contributed by atoms with van der Waals surface area (Å²) in [6.07, 6.45) is 5.67. The molecule has 5 heterocycles. The van der Waals surface area contributed by atoms with E-state index in [2.05, 4.69) is 26.3 Å². The minimum Gasteiger partial charge on any atom is -0.370 e. The van der Waals surface area contributed by atoms with E-state index in [-0.39, 0.29) is 109 Å². The van der Waals surface area contributed by atoms with Gasteiger partial charge in [0.05, 0.1) is 22.0 Å². The van der Waals surface area contributed by atoms with Crippen molar-refractivity contribution in [3.05, 3.63) is 99.6 Å². The molecule has 2 aromatic heterocycles. The molecule has 1 unspecified atom stereocenters. The highest BCUT2D eigenvalue weighted by Gasteiger charge is 2.46. The first-order valence-corrected chi connectivity index (χ1v) is 31.1. The third-order valence-electron chi connectivity index (χ3n) is 16.6. The molecule has 0 radical (unpaired) electrons. The van der Waals surface area contributed by atoms with Crippen LogP contribution in [0.4, 0.5) is 0 Å². The van der Waals surface area contributed by atoms with Gasteiger partial charge in [-0.05, 0) is 143 Å². The van der Waals surface area contributed by atoms with Gasteiger partial charge < -0.3 is 46.3 Å². The summed E-state index contributed by atoms with van der Waals surface area (Å²) in [5, 5.41) is 10.9. The van der Waals surface area contributed by atoms with Crippen molar-refractivity contribution in [3.8, 4) is 0 Å². The molecule has 4 fully saturated rings. The van der Waals surface area contributed by atoms with Gasteiger partial charge in [0.15, 0.2) is 9.84 Å². The van der Waals surface area contributed by atoms with Crippen molar-refractivity contribution in [1.29, 1.82) is 0 Å². The molecule has 6 atom stereocenters. The molecule has 0 spiro atoms. The van der Waals surface area contributed by atoms with Crippen molar-refractivity contribution in [2.24, 2.45) is 24.6 Å². The Hall–Kier alpha value is -7.80. The van der Waals surface area contributed by atoms with Gasteiger partial charge in [0, 0.05) is 68.2 Å². The predicted octanol–water partition coefficient (Wildman–Crippen LogP) is 2.28. The van der Waals surface area contributed by atoms with E-state index in [9.17, 15) is 65.9 Å². The third kappa shape index (κ3) is 13.4. The summed E-state index contributed by atoms with van der Waals surface area (Å²) in [5.41, 5.74) is 6.48. The highest BCUT2D eigenvalue weighted by molar-refractivity contribution is 7.90. The molecule has 0 bridgehead atoms. The van der Waals surface area contributed by atoms with Crippen LogP contribution in [0, 0.1) is 11.8 Å². The second-order valence-corrected chi connectivity index (χ2v) is 25.9. The van der Waals surface area contributed by atoms with Crippen LogP contribution in [0.15, 0.2) is 76.4 Å². The number of sulfone groups is 1. The fourth-order valence-corrected chi connectivity index (χ4v) is 13.2. The molecular formula is C56H67N10O15PS. The number of primary amides is 1. The Balaban J connectivity index is 0.895. The number of nitrogens with two attached hydrogens (primary N) is 1. The molecule has 3 aliphatic heterocycles. The Morgan fingerprint density at radius 1 is 0.843 bits per heavy atom. The molecular weight excluding hydrogens is 1120 g/mol. The van der Waals surface area contributed by atoms with Gasteiger partial charge in [0.2, 0.25) is 41.4 Å². The molecule has 3 saturated heterocycles. The van der Waals surface area contributed by atoms with E-state index in [1.807, 2.05) is 18.2 Å². The molecule has 25 nitrogen and oxygen atoms in total. The number of fused-ring (bicyclic) bond motifs is 3. The molecule has 1 saturated carbocycles. The van der Waals surface area contributed by atoms with Crippen LogP contribution in [0.25, 0.3) is 21.9 Å². The summed E-state index contributed by atoms with van der Waals surface area (Å²) in [4.78, 5) is 159.